The maximum atomic E-state index is 11.7. The minimum absolute atomic E-state index is 0.243. The minimum Gasteiger partial charge on any atom is -0.468 e. The Morgan fingerprint density at radius 3 is 3.10 bits per heavy atom. The van der Waals surface area contributed by atoms with Gasteiger partial charge in [-0.05, 0) is 12.1 Å². The molecule has 20 heavy (non-hydrogen) atoms. The molecule has 104 valence electrons. The molecule has 1 unspecified atom stereocenters. The zero-order chi connectivity index (χ0) is 13.9. The smallest absolute Gasteiger partial charge is 0.324 e. The topological polar surface area (TPSA) is 67.3 Å². The fourth-order valence-corrected chi connectivity index (χ4v) is 2.49. The van der Waals surface area contributed by atoms with Crippen molar-refractivity contribution in [1.29, 1.82) is 0 Å². The number of para-hydroxylation sites is 1. The van der Waals surface area contributed by atoms with Gasteiger partial charge in [-0.2, -0.15) is 0 Å². The van der Waals surface area contributed by atoms with Crippen LogP contribution in [0.2, 0.25) is 0 Å². The lowest BCUT2D eigenvalue weighted by Crippen LogP contribution is -2.54. The molecule has 6 nitrogen and oxygen atoms in total. The number of ether oxygens (including phenoxy) is 1. The Balaban J connectivity index is 1.92. The van der Waals surface area contributed by atoms with Crippen molar-refractivity contribution in [2.45, 2.75) is 6.04 Å². The van der Waals surface area contributed by atoms with Crippen molar-refractivity contribution >= 4 is 22.7 Å². The van der Waals surface area contributed by atoms with Crippen LogP contribution in [-0.2, 0) is 9.53 Å². The number of carbonyl (C=O) groups excluding carboxylic acids is 1. The van der Waals surface area contributed by atoms with Crippen LogP contribution in [0.25, 0.3) is 10.9 Å². The van der Waals surface area contributed by atoms with Crippen LogP contribution < -0.4 is 10.2 Å². The molecule has 1 aliphatic rings. The Morgan fingerprint density at radius 1 is 1.40 bits per heavy atom. The molecule has 0 radical (unpaired) electrons. The van der Waals surface area contributed by atoms with Crippen LogP contribution in [-0.4, -0.2) is 48.7 Å². The molecule has 1 saturated heterocycles. The molecule has 0 saturated carbocycles. The number of esters is 1. The molecular weight excluding hydrogens is 256 g/mol. The lowest BCUT2D eigenvalue weighted by molar-refractivity contribution is -0.143. The van der Waals surface area contributed by atoms with Crippen molar-refractivity contribution in [3.05, 3.63) is 30.6 Å². The van der Waals surface area contributed by atoms with Crippen molar-refractivity contribution in [3.8, 4) is 0 Å². The fourth-order valence-electron chi connectivity index (χ4n) is 2.49. The molecule has 2 aromatic rings. The lowest BCUT2D eigenvalue weighted by Gasteiger charge is -2.33. The van der Waals surface area contributed by atoms with E-state index in [1.165, 1.54) is 7.11 Å². The van der Waals surface area contributed by atoms with Gasteiger partial charge in [0.25, 0.3) is 0 Å². The van der Waals surface area contributed by atoms with E-state index in [0.717, 1.165) is 29.8 Å². The lowest BCUT2D eigenvalue weighted by atomic mass is 10.1. The third-order valence-electron chi connectivity index (χ3n) is 3.48. The second-order valence-corrected chi connectivity index (χ2v) is 4.69. The Morgan fingerprint density at radius 2 is 2.25 bits per heavy atom. The van der Waals surface area contributed by atoms with Crippen LogP contribution in [0, 0.1) is 0 Å². The van der Waals surface area contributed by atoms with Crippen molar-refractivity contribution in [1.82, 2.24) is 15.3 Å². The summed E-state index contributed by atoms with van der Waals surface area (Å²) in [6.07, 6.45) is 1.56. The molecule has 2 heterocycles. The molecule has 0 bridgehead atoms. The van der Waals surface area contributed by atoms with Gasteiger partial charge in [-0.15, -0.1) is 0 Å². The molecule has 1 atom stereocenters. The zero-order valence-electron chi connectivity index (χ0n) is 11.2. The number of methoxy groups -OCH3 is 1. The maximum absolute atomic E-state index is 11.7. The molecule has 0 spiro atoms. The second-order valence-electron chi connectivity index (χ2n) is 4.69. The highest BCUT2D eigenvalue weighted by atomic mass is 16.5. The Hall–Kier alpha value is -2.21. The molecule has 1 aromatic heterocycles. The van der Waals surface area contributed by atoms with Crippen molar-refractivity contribution < 1.29 is 9.53 Å². The van der Waals surface area contributed by atoms with Crippen molar-refractivity contribution in [2.75, 3.05) is 31.6 Å². The largest absolute Gasteiger partial charge is 0.468 e. The quantitative estimate of drug-likeness (QED) is 0.807. The first kappa shape index (κ1) is 12.8. The summed E-state index contributed by atoms with van der Waals surface area (Å²) in [5.74, 6) is 0.624. The number of fused-ring (bicyclic) bond motifs is 1. The zero-order valence-corrected chi connectivity index (χ0v) is 11.2. The SMILES string of the molecule is COC(=O)C1CN(c2ncnc3ccccc23)CCN1. The standard InChI is InChI=1S/C14H16N4O2/c1-20-14(19)12-8-18(7-6-15-12)13-10-4-2-3-5-11(10)16-9-17-13/h2-5,9,12,15H,6-8H2,1H3. The molecule has 1 fully saturated rings. The van der Waals surface area contributed by atoms with E-state index in [9.17, 15) is 4.79 Å². The van der Waals surface area contributed by atoms with Gasteiger partial charge in [-0.25, -0.2) is 9.97 Å². The van der Waals surface area contributed by atoms with Gasteiger partial charge in [-0.3, -0.25) is 4.79 Å². The van der Waals surface area contributed by atoms with Crippen LogP contribution in [0.1, 0.15) is 0 Å². The number of anilines is 1. The van der Waals surface area contributed by atoms with Crippen LogP contribution in [0.4, 0.5) is 5.82 Å². The Labute approximate surface area is 116 Å². The van der Waals surface area contributed by atoms with E-state index < -0.39 is 0 Å². The highest BCUT2D eigenvalue weighted by Crippen LogP contribution is 2.23. The van der Waals surface area contributed by atoms with E-state index in [4.69, 9.17) is 4.74 Å². The molecule has 0 amide bonds. The predicted octanol–water partition coefficient (Wildman–Crippen LogP) is 0.581. The first-order chi connectivity index (χ1) is 9.79. The third kappa shape index (κ3) is 2.30. The molecule has 3 rings (SSSR count). The summed E-state index contributed by atoms with van der Waals surface area (Å²) in [7, 11) is 1.41. The van der Waals surface area contributed by atoms with E-state index in [1.807, 2.05) is 24.3 Å². The number of benzene rings is 1. The molecule has 1 N–H and O–H groups in total. The summed E-state index contributed by atoms with van der Waals surface area (Å²) in [6.45, 7) is 2.07. The second kappa shape index (κ2) is 5.42. The van der Waals surface area contributed by atoms with E-state index in [-0.39, 0.29) is 12.0 Å². The summed E-state index contributed by atoms with van der Waals surface area (Å²) in [4.78, 5) is 22.4. The van der Waals surface area contributed by atoms with Gasteiger partial charge in [0, 0.05) is 25.0 Å². The van der Waals surface area contributed by atoms with Crippen LogP contribution in [0.5, 0.6) is 0 Å². The first-order valence-corrected chi connectivity index (χ1v) is 6.55. The number of hydrogen-bond donors (Lipinski definition) is 1. The van der Waals surface area contributed by atoms with Gasteiger partial charge in [0.2, 0.25) is 0 Å². The predicted molar refractivity (Wildman–Crippen MR) is 75.6 cm³/mol. The van der Waals surface area contributed by atoms with Crippen LogP contribution in [0.15, 0.2) is 30.6 Å². The van der Waals surface area contributed by atoms with Gasteiger partial charge in [0.05, 0.1) is 12.6 Å². The van der Waals surface area contributed by atoms with Gasteiger partial charge in [-0.1, -0.05) is 12.1 Å². The summed E-state index contributed by atoms with van der Waals surface area (Å²) < 4.78 is 4.80. The van der Waals surface area contributed by atoms with Crippen LogP contribution >= 0.6 is 0 Å². The summed E-state index contributed by atoms with van der Waals surface area (Å²) in [5, 5.41) is 4.16. The molecule has 6 heteroatoms. The first-order valence-electron chi connectivity index (χ1n) is 6.55. The fraction of sp³-hybridized carbons (Fsp3) is 0.357. The number of carbonyl (C=O) groups is 1. The van der Waals surface area contributed by atoms with E-state index in [0.29, 0.717) is 6.54 Å². The number of aromatic nitrogens is 2. The molecule has 1 aliphatic heterocycles. The monoisotopic (exact) mass is 272 g/mol. The van der Waals surface area contributed by atoms with Gasteiger partial charge in [0.1, 0.15) is 18.2 Å². The third-order valence-corrected chi connectivity index (χ3v) is 3.48. The maximum Gasteiger partial charge on any atom is 0.324 e. The van der Waals surface area contributed by atoms with E-state index in [1.54, 1.807) is 6.33 Å². The Bertz CT molecular complexity index is 626. The normalized spacial score (nSPS) is 19.1. The molecule has 1 aromatic carbocycles. The average molecular weight is 272 g/mol. The van der Waals surface area contributed by atoms with Gasteiger partial charge < -0.3 is 15.0 Å². The van der Waals surface area contributed by atoms with Crippen molar-refractivity contribution in [2.24, 2.45) is 0 Å². The number of rotatable bonds is 2. The highest BCUT2D eigenvalue weighted by Gasteiger charge is 2.27. The van der Waals surface area contributed by atoms with Gasteiger partial charge in [0.15, 0.2) is 0 Å². The minimum atomic E-state index is -0.317. The molecule has 0 aliphatic carbocycles. The number of piperazine rings is 1. The number of nitrogens with zero attached hydrogens (tertiary/aromatic N) is 3. The molecular formula is C14H16N4O2. The van der Waals surface area contributed by atoms with E-state index in [2.05, 4.69) is 20.2 Å². The summed E-state index contributed by atoms with van der Waals surface area (Å²) in [5.41, 5.74) is 0.908. The van der Waals surface area contributed by atoms with Crippen LogP contribution in [0.3, 0.4) is 0 Å². The summed E-state index contributed by atoms with van der Waals surface area (Å²) in [6, 6.07) is 7.56. The Kier molecular flexibility index (Phi) is 3.47. The number of nitrogens with one attached hydrogen (secondary N) is 1. The average Bonchev–Trinajstić information content (AvgIpc) is 2.53. The van der Waals surface area contributed by atoms with Crippen molar-refractivity contribution in [3.63, 3.8) is 0 Å². The highest BCUT2D eigenvalue weighted by molar-refractivity contribution is 5.89. The van der Waals surface area contributed by atoms with E-state index >= 15 is 0 Å². The summed E-state index contributed by atoms with van der Waals surface area (Å²) >= 11 is 0. The van der Waals surface area contributed by atoms with Gasteiger partial charge >= 0.3 is 5.97 Å². The number of hydrogen-bond acceptors (Lipinski definition) is 6.